The SMILES string of the molecule is C=C1C[C@@H](O)[C@H](/C=C/[C@@H](O)C(C)(C)CCCC)[C@H]1C/C=C\CCCC(=O)[O-].[K+]. The van der Waals surface area contributed by atoms with Gasteiger partial charge in [-0.15, -0.1) is 0 Å². The number of aliphatic hydroxyl groups is 2. The van der Waals surface area contributed by atoms with Gasteiger partial charge in [-0.25, -0.2) is 0 Å². The van der Waals surface area contributed by atoms with Crippen LogP contribution < -0.4 is 56.5 Å². The average Bonchev–Trinajstić information content (AvgIpc) is 2.86. The number of unbranched alkanes of at least 4 members (excludes halogenated alkanes) is 2. The summed E-state index contributed by atoms with van der Waals surface area (Å²) in [7, 11) is 0. The number of hydrogen-bond donors (Lipinski definition) is 2. The topological polar surface area (TPSA) is 80.6 Å². The molecule has 0 amide bonds. The fraction of sp³-hybridized carbons (Fsp3) is 0.696. The molecule has 2 N–H and O–H groups in total. The van der Waals surface area contributed by atoms with Gasteiger partial charge in [0.15, 0.2) is 0 Å². The number of aliphatic hydroxyl groups excluding tert-OH is 2. The maximum Gasteiger partial charge on any atom is 1.00 e. The van der Waals surface area contributed by atoms with Crippen molar-refractivity contribution in [2.24, 2.45) is 17.3 Å². The Balaban J connectivity index is 0.00000729. The third-order valence-electron chi connectivity index (χ3n) is 5.70. The fourth-order valence-electron chi connectivity index (χ4n) is 3.68. The molecular formula is C23H37KO4. The zero-order chi connectivity index (χ0) is 20.4. The second kappa shape index (κ2) is 14.3. The first-order valence-electron chi connectivity index (χ1n) is 10.3. The Kier molecular flexibility index (Phi) is 14.4. The molecule has 0 aliphatic heterocycles. The summed E-state index contributed by atoms with van der Waals surface area (Å²) in [6.45, 7) is 10.4. The molecule has 0 bridgehead atoms. The van der Waals surface area contributed by atoms with Crippen molar-refractivity contribution < 1.29 is 71.5 Å². The third kappa shape index (κ3) is 9.83. The summed E-state index contributed by atoms with van der Waals surface area (Å²) in [5.41, 5.74) is 0.859. The normalized spacial score (nSPS) is 24.0. The van der Waals surface area contributed by atoms with Crippen LogP contribution in [0.3, 0.4) is 0 Å². The molecular weight excluding hydrogens is 379 g/mol. The van der Waals surface area contributed by atoms with Gasteiger partial charge in [0.1, 0.15) is 0 Å². The van der Waals surface area contributed by atoms with E-state index in [2.05, 4.69) is 27.4 Å². The maximum absolute atomic E-state index is 10.6. The fourth-order valence-corrected chi connectivity index (χ4v) is 3.68. The molecule has 1 aliphatic carbocycles. The maximum atomic E-state index is 10.6. The van der Waals surface area contributed by atoms with Gasteiger partial charge < -0.3 is 20.1 Å². The number of hydrogen-bond acceptors (Lipinski definition) is 4. The first kappa shape index (κ1) is 28.2. The predicted molar refractivity (Wildman–Crippen MR) is 108 cm³/mol. The van der Waals surface area contributed by atoms with Crippen LogP contribution in [0.15, 0.2) is 36.5 Å². The van der Waals surface area contributed by atoms with Crippen molar-refractivity contribution in [3.05, 3.63) is 36.5 Å². The molecule has 0 saturated heterocycles. The predicted octanol–water partition coefficient (Wildman–Crippen LogP) is 0.544. The van der Waals surface area contributed by atoms with E-state index in [0.717, 1.165) is 31.3 Å². The minimum absolute atomic E-state index is 0. The minimum atomic E-state index is -1.01. The van der Waals surface area contributed by atoms with Crippen molar-refractivity contribution in [1.29, 1.82) is 0 Å². The largest absolute Gasteiger partial charge is 1.00 e. The van der Waals surface area contributed by atoms with Crippen LogP contribution in [0.1, 0.15) is 72.1 Å². The van der Waals surface area contributed by atoms with Gasteiger partial charge >= 0.3 is 51.4 Å². The summed E-state index contributed by atoms with van der Waals surface area (Å²) in [4.78, 5) is 10.4. The average molecular weight is 417 g/mol. The Hall–Kier alpha value is 0.246. The van der Waals surface area contributed by atoms with E-state index in [1.807, 2.05) is 24.3 Å². The van der Waals surface area contributed by atoms with Gasteiger partial charge in [0.25, 0.3) is 0 Å². The van der Waals surface area contributed by atoms with Crippen molar-refractivity contribution in [3.63, 3.8) is 0 Å². The van der Waals surface area contributed by atoms with Crippen LogP contribution in [-0.2, 0) is 4.79 Å². The summed E-state index contributed by atoms with van der Waals surface area (Å²) in [6, 6.07) is 0. The van der Waals surface area contributed by atoms with Crippen LogP contribution in [-0.4, -0.2) is 28.4 Å². The van der Waals surface area contributed by atoms with Crippen LogP contribution >= 0.6 is 0 Å². The molecule has 0 unspecified atom stereocenters. The molecule has 4 nitrogen and oxygen atoms in total. The molecule has 0 heterocycles. The molecule has 4 atom stereocenters. The summed E-state index contributed by atoms with van der Waals surface area (Å²) in [6.07, 6.45) is 12.7. The first-order chi connectivity index (χ1) is 12.7. The van der Waals surface area contributed by atoms with Crippen molar-refractivity contribution in [3.8, 4) is 0 Å². The van der Waals surface area contributed by atoms with E-state index in [-0.39, 0.29) is 75.1 Å². The van der Waals surface area contributed by atoms with Crippen molar-refractivity contribution in [2.45, 2.75) is 84.3 Å². The van der Waals surface area contributed by atoms with Gasteiger partial charge in [-0.3, -0.25) is 0 Å². The molecule has 0 aromatic carbocycles. The van der Waals surface area contributed by atoms with Gasteiger partial charge in [0.05, 0.1) is 12.2 Å². The molecule has 1 saturated carbocycles. The number of carboxylic acid groups (broad SMARTS) is 1. The van der Waals surface area contributed by atoms with E-state index in [1.54, 1.807) is 0 Å². The van der Waals surface area contributed by atoms with Crippen LogP contribution in [0.4, 0.5) is 0 Å². The molecule has 0 radical (unpaired) electrons. The van der Waals surface area contributed by atoms with Crippen molar-refractivity contribution in [2.75, 3.05) is 0 Å². The molecule has 5 heteroatoms. The Morgan fingerprint density at radius 1 is 1.36 bits per heavy atom. The van der Waals surface area contributed by atoms with Crippen molar-refractivity contribution in [1.82, 2.24) is 0 Å². The second-order valence-electron chi connectivity index (χ2n) is 8.51. The van der Waals surface area contributed by atoms with E-state index in [9.17, 15) is 20.1 Å². The van der Waals surface area contributed by atoms with Crippen LogP contribution in [0.25, 0.3) is 0 Å². The zero-order valence-corrected chi connectivity index (χ0v) is 21.3. The molecule has 1 fully saturated rings. The standard InChI is InChI=1S/C23H38O4.K/c1-5-6-15-23(3,4)21(25)14-13-19-18(17(2)16-20(19)24)11-9-7-8-10-12-22(26)27;/h7,9,13-14,18-21,24-25H,2,5-6,8,10-12,15-16H2,1,3-4H3,(H,26,27);/q;+1/p-1/b9-7-,14-13+;/t18-,19+,20+,21+;/m0./s1. The smallest absolute Gasteiger partial charge is 0.550 e. The number of carboxylic acids is 1. The van der Waals surface area contributed by atoms with Gasteiger partial charge in [0.2, 0.25) is 0 Å². The molecule has 154 valence electrons. The molecule has 28 heavy (non-hydrogen) atoms. The van der Waals surface area contributed by atoms with Gasteiger partial charge in [-0.05, 0) is 49.9 Å². The van der Waals surface area contributed by atoms with E-state index in [0.29, 0.717) is 19.3 Å². The second-order valence-corrected chi connectivity index (χ2v) is 8.51. The first-order valence-corrected chi connectivity index (χ1v) is 10.3. The Labute approximate surface area is 213 Å². The summed E-state index contributed by atoms with van der Waals surface area (Å²) in [5, 5.41) is 31.4. The van der Waals surface area contributed by atoms with E-state index in [4.69, 9.17) is 0 Å². The van der Waals surface area contributed by atoms with Gasteiger partial charge in [-0.1, -0.05) is 70.1 Å². The van der Waals surface area contributed by atoms with Gasteiger partial charge in [0, 0.05) is 11.9 Å². The Bertz CT molecular complexity index is 539. The quantitative estimate of drug-likeness (QED) is 0.276. The Morgan fingerprint density at radius 2 is 2.04 bits per heavy atom. The molecule has 0 aromatic rings. The third-order valence-corrected chi connectivity index (χ3v) is 5.70. The Morgan fingerprint density at radius 3 is 2.64 bits per heavy atom. The van der Waals surface area contributed by atoms with Crippen molar-refractivity contribution >= 4 is 5.97 Å². The number of allylic oxidation sites excluding steroid dienone is 2. The molecule has 0 aromatic heterocycles. The summed E-state index contributed by atoms with van der Waals surface area (Å²) in [5.74, 6) is -0.900. The zero-order valence-electron chi connectivity index (χ0n) is 18.2. The van der Waals surface area contributed by atoms with Crippen LogP contribution in [0.5, 0.6) is 0 Å². The molecule has 1 rings (SSSR count). The number of carbonyl (C=O) groups excluding carboxylic acids is 1. The van der Waals surface area contributed by atoms with E-state index >= 15 is 0 Å². The van der Waals surface area contributed by atoms with Gasteiger partial charge in [-0.2, -0.15) is 0 Å². The molecule has 0 spiro atoms. The number of rotatable bonds is 12. The number of aliphatic carboxylic acids is 1. The minimum Gasteiger partial charge on any atom is -0.550 e. The van der Waals surface area contributed by atoms with E-state index < -0.39 is 18.2 Å². The molecule has 1 aliphatic rings. The van der Waals surface area contributed by atoms with Crippen LogP contribution in [0, 0.1) is 17.3 Å². The number of carbonyl (C=O) groups is 1. The van der Waals surface area contributed by atoms with E-state index in [1.165, 1.54) is 0 Å². The van der Waals surface area contributed by atoms with Crippen LogP contribution in [0.2, 0.25) is 0 Å². The summed E-state index contributed by atoms with van der Waals surface area (Å²) < 4.78 is 0. The summed E-state index contributed by atoms with van der Waals surface area (Å²) >= 11 is 0. The monoisotopic (exact) mass is 416 g/mol.